The molecule has 0 spiro atoms. The van der Waals surface area contributed by atoms with Crippen molar-refractivity contribution in [3.8, 4) is 11.5 Å². The highest BCUT2D eigenvalue weighted by molar-refractivity contribution is 9.10. The highest BCUT2D eigenvalue weighted by atomic mass is 79.9. The molecule has 116 valence electrons. The van der Waals surface area contributed by atoms with Gasteiger partial charge in [-0.3, -0.25) is 4.79 Å². The van der Waals surface area contributed by atoms with Crippen LogP contribution in [0.3, 0.4) is 0 Å². The van der Waals surface area contributed by atoms with Crippen LogP contribution in [0.2, 0.25) is 0 Å². The molecular formula is C17H14BrN3O2. The molecule has 3 aromatic rings. The number of amides is 1. The second-order valence-electron chi connectivity index (χ2n) is 5.04. The van der Waals surface area contributed by atoms with Crippen LogP contribution in [0.4, 0.5) is 0 Å². The van der Waals surface area contributed by atoms with Crippen LogP contribution in [-0.2, 0) is 6.54 Å². The predicted octanol–water partition coefficient (Wildman–Crippen LogP) is 3.74. The third-order valence-electron chi connectivity index (χ3n) is 3.29. The molecular weight excluding hydrogens is 358 g/mol. The molecule has 0 radical (unpaired) electrons. The van der Waals surface area contributed by atoms with Gasteiger partial charge in [-0.05, 0) is 47.1 Å². The molecule has 23 heavy (non-hydrogen) atoms. The maximum Gasteiger partial charge on any atom is 0.257 e. The normalized spacial score (nSPS) is 10.5. The van der Waals surface area contributed by atoms with Crippen LogP contribution in [0.25, 0.3) is 11.5 Å². The summed E-state index contributed by atoms with van der Waals surface area (Å²) in [5, 5.41) is 6.67. The molecule has 1 aromatic heterocycles. The molecule has 5 nitrogen and oxygen atoms in total. The molecule has 2 aromatic carbocycles. The average Bonchev–Trinajstić information content (AvgIpc) is 3.03. The number of rotatable bonds is 4. The molecule has 0 saturated carbocycles. The number of hydrogen-bond acceptors (Lipinski definition) is 4. The number of aromatic nitrogens is 2. The van der Waals surface area contributed by atoms with Gasteiger partial charge in [-0.15, -0.1) is 0 Å². The molecule has 0 aliphatic carbocycles. The summed E-state index contributed by atoms with van der Waals surface area (Å²) in [7, 11) is 0. The number of nitrogens with zero attached hydrogens (tertiary/aromatic N) is 2. The van der Waals surface area contributed by atoms with Crippen molar-refractivity contribution in [1.29, 1.82) is 0 Å². The van der Waals surface area contributed by atoms with Crippen LogP contribution < -0.4 is 5.32 Å². The number of carbonyl (C=O) groups is 1. The number of aryl methyl sites for hydroxylation is 1. The zero-order chi connectivity index (χ0) is 16.2. The number of carbonyl (C=O) groups excluding carboxylic acids is 1. The maximum absolute atomic E-state index is 12.1. The fourth-order valence-electron chi connectivity index (χ4n) is 2.04. The summed E-state index contributed by atoms with van der Waals surface area (Å²) in [5.41, 5.74) is 2.58. The minimum Gasteiger partial charge on any atom is -0.345 e. The zero-order valence-electron chi connectivity index (χ0n) is 12.4. The van der Waals surface area contributed by atoms with Gasteiger partial charge in [0.15, 0.2) is 5.82 Å². The van der Waals surface area contributed by atoms with Gasteiger partial charge in [-0.2, -0.15) is 4.98 Å². The molecule has 0 unspecified atom stereocenters. The van der Waals surface area contributed by atoms with Crippen molar-refractivity contribution >= 4 is 21.8 Å². The smallest absolute Gasteiger partial charge is 0.257 e. The third kappa shape index (κ3) is 3.65. The van der Waals surface area contributed by atoms with E-state index >= 15 is 0 Å². The van der Waals surface area contributed by atoms with Crippen molar-refractivity contribution in [3.63, 3.8) is 0 Å². The van der Waals surface area contributed by atoms with E-state index in [9.17, 15) is 4.79 Å². The molecule has 0 atom stereocenters. The Labute approximate surface area is 141 Å². The van der Waals surface area contributed by atoms with E-state index in [1.54, 1.807) is 6.07 Å². The Bertz CT molecular complexity index is 828. The van der Waals surface area contributed by atoms with E-state index in [2.05, 4.69) is 31.4 Å². The molecule has 0 fully saturated rings. The second kappa shape index (κ2) is 6.75. The molecule has 1 heterocycles. The zero-order valence-corrected chi connectivity index (χ0v) is 14.0. The van der Waals surface area contributed by atoms with Gasteiger partial charge in [0.1, 0.15) is 0 Å². The van der Waals surface area contributed by atoms with Crippen molar-refractivity contribution in [1.82, 2.24) is 15.5 Å². The second-order valence-corrected chi connectivity index (χ2v) is 5.90. The Kier molecular flexibility index (Phi) is 4.52. The quantitative estimate of drug-likeness (QED) is 0.758. The van der Waals surface area contributed by atoms with Crippen molar-refractivity contribution in [2.24, 2.45) is 0 Å². The lowest BCUT2D eigenvalue weighted by Gasteiger charge is -2.04. The predicted molar refractivity (Wildman–Crippen MR) is 89.8 cm³/mol. The highest BCUT2D eigenvalue weighted by Gasteiger charge is 2.12. The topological polar surface area (TPSA) is 68.0 Å². The van der Waals surface area contributed by atoms with E-state index in [1.807, 2.05) is 49.4 Å². The van der Waals surface area contributed by atoms with Gasteiger partial charge in [0.2, 0.25) is 0 Å². The largest absolute Gasteiger partial charge is 0.345 e. The van der Waals surface area contributed by atoms with Crippen molar-refractivity contribution in [2.45, 2.75) is 13.5 Å². The molecule has 0 saturated heterocycles. The minimum absolute atomic E-state index is 0.195. The summed E-state index contributed by atoms with van der Waals surface area (Å²) in [6.45, 7) is 2.22. The van der Waals surface area contributed by atoms with Gasteiger partial charge >= 0.3 is 0 Å². The molecule has 6 heteroatoms. The van der Waals surface area contributed by atoms with E-state index in [4.69, 9.17) is 4.52 Å². The van der Waals surface area contributed by atoms with Gasteiger partial charge in [0.05, 0.1) is 12.1 Å². The van der Waals surface area contributed by atoms with Crippen molar-refractivity contribution in [2.75, 3.05) is 0 Å². The summed E-state index contributed by atoms with van der Waals surface area (Å²) in [6, 6.07) is 15.0. The molecule has 3 rings (SSSR count). The summed E-state index contributed by atoms with van der Waals surface area (Å²) in [5.74, 6) is 0.676. The van der Waals surface area contributed by atoms with E-state index in [0.717, 1.165) is 15.6 Å². The number of benzene rings is 2. The van der Waals surface area contributed by atoms with Crippen molar-refractivity contribution < 1.29 is 9.32 Å². The standard InChI is InChI=1S/C17H14BrN3O2/c1-11-6-8-12(9-7-11)17-20-15(21-23-17)10-19-16(22)13-4-2-3-5-14(13)18/h2-9H,10H2,1H3,(H,19,22). The Morgan fingerprint density at radius 3 is 2.65 bits per heavy atom. The van der Waals surface area contributed by atoms with Gasteiger partial charge in [0.25, 0.3) is 11.8 Å². The van der Waals surface area contributed by atoms with Gasteiger partial charge in [-0.1, -0.05) is 35.0 Å². The van der Waals surface area contributed by atoms with Crippen LogP contribution >= 0.6 is 15.9 Å². The third-order valence-corrected chi connectivity index (χ3v) is 3.98. The first-order chi connectivity index (χ1) is 11.1. The fourth-order valence-corrected chi connectivity index (χ4v) is 2.50. The van der Waals surface area contributed by atoms with Crippen LogP contribution in [0.15, 0.2) is 57.5 Å². The lowest BCUT2D eigenvalue weighted by Crippen LogP contribution is -2.23. The van der Waals surface area contributed by atoms with E-state index in [-0.39, 0.29) is 12.5 Å². The Morgan fingerprint density at radius 2 is 1.91 bits per heavy atom. The Morgan fingerprint density at radius 1 is 1.17 bits per heavy atom. The summed E-state index contributed by atoms with van der Waals surface area (Å²) in [4.78, 5) is 16.4. The minimum atomic E-state index is -0.195. The van der Waals surface area contributed by atoms with E-state index in [0.29, 0.717) is 17.3 Å². The SMILES string of the molecule is Cc1ccc(-c2nc(CNC(=O)c3ccccc3Br)no2)cc1. The Balaban J connectivity index is 1.67. The van der Waals surface area contributed by atoms with E-state index in [1.165, 1.54) is 0 Å². The Hall–Kier alpha value is -2.47. The lowest BCUT2D eigenvalue weighted by atomic mass is 10.1. The van der Waals surface area contributed by atoms with Gasteiger partial charge in [0, 0.05) is 10.0 Å². The summed E-state index contributed by atoms with van der Waals surface area (Å²) >= 11 is 3.35. The molecule has 0 bridgehead atoms. The highest BCUT2D eigenvalue weighted by Crippen LogP contribution is 2.18. The number of hydrogen-bond donors (Lipinski definition) is 1. The summed E-state index contributed by atoms with van der Waals surface area (Å²) in [6.07, 6.45) is 0. The first-order valence-electron chi connectivity index (χ1n) is 7.06. The first-order valence-corrected chi connectivity index (χ1v) is 7.85. The summed E-state index contributed by atoms with van der Waals surface area (Å²) < 4.78 is 5.97. The number of halogens is 1. The van der Waals surface area contributed by atoms with Gasteiger partial charge in [-0.25, -0.2) is 0 Å². The van der Waals surface area contributed by atoms with Crippen LogP contribution in [0.1, 0.15) is 21.7 Å². The maximum atomic E-state index is 12.1. The van der Waals surface area contributed by atoms with Crippen LogP contribution in [-0.4, -0.2) is 16.0 Å². The van der Waals surface area contributed by atoms with Gasteiger partial charge < -0.3 is 9.84 Å². The van der Waals surface area contributed by atoms with Crippen LogP contribution in [0.5, 0.6) is 0 Å². The fraction of sp³-hybridized carbons (Fsp3) is 0.118. The number of nitrogens with one attached hydrogen (secondary N) is 1. The molecule has 0 aliphatic rings. The average molecular weight is 372 g/mol. The first kappa shape index (κ1) is 15.4. The molecule has 0 aliphatic heterocycles. The monoisotopic (exact) mass is 371 g/mol. The lowest BCUT2D eigenvalue weighted by molar-refractivity contribution is 0.0949. The van der Waals surface area contributed by atoms with E-state index < -0.39 is 0 Å². The van der Waals surface area contributed by atoms with Crippen molar-refractivity contribution in [3.05, 3.63) is 70.0 Å². The van der Waals surface area contributed by atoms with Crippen LogP contribution in [0, 0.1) is 6.92 Å². The molecule has 1 amide bonds. The molecule has 1 N–H and O–H groups in total.